The molecular weight excluding hydrogens is 227 g/mol. The highest BCUT2D eigenvalue weighted by Crippen LogP contribution is 2.51. The number of hydrogen-bond acceptors (Lipinski definition) is 1. The van der Waals surface area contributed by atoms with Crippen molar-refractivity contribution in [1.82, 2.24) is 4.57 Å². The molecule has 1 atom stereocenters. The summed E-state index contributed by atoms with van der Waals surface area (Å²) in [4.78, 5) is 0. The number of nitrogens with two attached hydrogens (primary N) is 1. The Morgan fingerprint density at radius 1 is 1.39 bits per heavy atom. The van der Waals surface area contributed by atoms with Crippen molar-refractivity contribution in [3.05, 3.63) is 35.3 Å². The first-order valence-electron chi connectivity index (χ1n) is 6.47. The normalized spacial score (nSPS) is 19.2. The topological polar surface area (TPSA) is 30.9 Å². The van der Waals surface area contributed by atoms with Crippen LogP contribution in [0.4, 0.5) is 4.39 Å². The predicted octanol–water partition coefficient (Wildman–Crippen LogP) is 3.00. The van der Waals surface area contributed by atoms with E-state index in [2.05, 4.69) is 6.07 Å². The maximum absolute atomic E-state index is 14.3. The molecule has 0 bridgehead atoms. The molecule has 0 aliphatic heterocycles. The van der Waals surface area contributed by atoms with Crippen molar-refractivity contribution in [2.45, 2.75) is 38.1 Å². The Kier molecular flexibility index (Phi) is 2.33. The quantitative estimate of drug-likeness (QED) is 0.867. The summed E-state index contributed by atoms with van der Waals surface area (Å²) >= 11 is 0. The van der Waals surface area contributed by atoms with E-state index < -0.39 is 0 Å². The molecule has 3 heteroatoms. The number of aryl methyl sites for hydroxylation is 2. The maximum Gasteiger partial charge on any atom is 0.147 e. The molecule has 1 aliphatic carbocycles. The molecule has 2 aromatic rings. The molecule has 1 heterocycles. The Morgan fingerprint density at radius 2 is 2.06 bits per heavy atom. The number of aromatic nitrogens is 1. The van der Waals surface area contributed by atoms with E-state index in [-0.39, 0.29) is 17.3 Å². The summed E-state index contributed by atoms with van der Waals surface area (Å²) in [6, 6.07) is 3.89. The Bertz CT molecular complexity index is 621. The molecule has 96 valence electrons. The van der Waals surface area contributed by atoms with Gasteiger partial charge >= 0.3 is 0 Å². The third kappa shape index (κ3) is 1.43. The monoisotopic (exact) mass is 246 g/mol. The van der Waals surface area contributed by atoms with Crippen LogP contribution in [0.2, 0.25) is 0 Å². The lowest BCUT2D eigenvalue weighted by atomic mass is 9.88. The van der Waals surface area contributed by atoms with E-state index in [9.17, 15) is 4.39 Å². The van der Waals surface area contributed by atoms with Gasteiger partial charge in [-0.3, -0.25) is 0 Å². The average molecular weight is 246 g/mol. The van der Waals surface area contributed by atoms with Crippen LogP contribution in [-0.2, 0) is 12.5 Å². The fourth-order valence-corrected chi connectivity index (χ4v) is 3.11. The average Bonchev–Trinajstić information content (AvgIpc) is 3.03. The van der Waals surface area contributed by atoms with Gasteiger partial charge in [0.05, 0.1) is 5.52 Å². The standard InChI is InChI=1S/C15H19FN2/c1-9-8-18(3)14-12(9)6-11(7-13(14)16)15(4-5-15)10(2)17/h6-8,10H,4-5,17H2,1-3H3. The Labute approximate surface area is 107 Å². The molecule has 1 aromatic carbocycles. The van der Waals surface area contributed by atoms with Gasteiger partial charge in [0.1, 0.15) is 5.82 Å². The first-order chi connectivity index (χ1) is 8.45. The third-order valence-electron chi connectivity index (χ3n) is 4.46. The van der Waals surface area contributed by atoms with Crippen molar-refractivity contribution >= 4 is 10.9 Å². The number of halogens is 1. The maximum atomic E-state index is 14.3. The molecule has 1 aliphatic rings. The summed E-state index contributed by atoms with van der Waals surface area (Å²) < 4.78 is 16.1. The highest BCUT2D eigenvalue weighted by molar-refractivity contribution is 5.85. The van der Waals surface area contributed by atoms with Crippen LogP contribution in [0, 0.1) is 12.7 Å². The van der Waals surface area contributed by atoms with Crippen molar-refractivity contribution in [2.75, 3.05) is 0 Å². The molecule has 1 fully saturated rings. The predicted molar refractivity (Wildman–Crippen MR) is 72.2 cm³/mol. The van der Waals surface area contributed by atoms with Gasteiger partial charge in [-0.1, -0.05) is 0 Å². The van der Waals surface area contributed by atoms with E-state index in [1.807, 2.05) is 31.7 Å². The van der Waals surface area contributed by atoms with E-state index in [0.29, 0.717) is 5.52 Å². The SMILES string of the molecule is Cc1cn(C)c2c(F)cc(C3(C(C)N)CC3)cc12. The Morgan fingerprint density at radius 3 is 2.61 bits per heavy atom. The zero-order valence-electron chi connectivity index (χ0n) is 11.1. The number of fused-ring (bicyclic) bond motifs is 1. The summed E-state index contributed by atoms with van der Waals surface area (Å²) in [5, 5.41) is 1.01. The van der Waals surface area contributed by atoms with E-state index >= 15 is 0 Å². The summed E-state index contributed by atoms with van der Waals surface area (Å²) in [6.45, 7) is 4.05. The molecule has 1 saturated carbocycles. The summed E-state index contributed by atoms with van der Waals surface area (Å²) in [7, 11) is 1.89. The lowest BCUT2D eigenvalue weighted by Gasteiger charge is -2.20. The van der Waals surface area contributed by atoms with Crippen LogP contribution < -0.4 is 5.73 Å². The summed E-state index contributed by atoms with van der Waals surface area (Å²) in [5.74, 6) is -0.134. The van der Waals surface area contributed by atoms with Crippen LogP contribution in [0.25, 0.3) is 10.9 Å². The molecule has 1 aromatic heterocycles. The van der Waals surface area contributed by atoms with Gasteiger partial charge in [0, 0.05) is 30.1 Å². The lowest BCUT2D eigenvalue weighted by molar-refractivity contribution is 0.550. The highest BCUT2D eigenvalue weighted by atomic mass is 19.1. The minimum Gasteiger partial charge on any atom is -0.348 e. The number of nitrogens with zero attached hydrogens (tertiary/aromatic N) is 1. The van der Waals surface area contributed by atoms with Crippen molar-refractivity contribution in [3.63, 3.8) is 0 Å². The molecule has 3 rings (SSSR count). The number of rotatable bonds is 2. The molecule has 0 saturated heterocycles. The van der Waals surface area contributed by atoms with E-state index in [4.69, 9.17) is 5.73 Å². The van der Waals surface area contributed by atoms with Gasteiger partial charge in [-0.2, -0.15) is 0 Å². The van der Waals surface area contributed by atoms with Crippen molar-refractivity contribution in [3.8, 4) is 0 Å². The number of hydrogen-bond donors (Lipinski definition) is 1. The molecule has 0 amide bonds. The molecule has 1 unspecified atom stereocenters. The van der Waals surface area contributed by atoms with Crippen molar-refractivity contribution in [1.29, 1.82) is 0 Å². The molecule has 2 N–H and O–H groups in total. The van der Waals surface area contributed by atoms with Crippen LogP contribution in [0.5, 0.6) is 0 Å². The third-order valence-corrected chi connectivity index (χ3v) is 4.46. The first kappa shape index (κ1) is 11.7. The molecule has 0 spiro atoms. The zero-order valence-corrected chi connectivity index (χ0v) is 11.1. The smallest absolute Gasteiger partial charge is 0.147 e. The van der Waals surface area contributed by atoms with Crippen LogP contribution in [-0.4, -0.2) is 10.6 Å². The van der Waals surface area contributed by atoms with Crippen LogP contribution in [0.15, 0.2) is 18.3 Å². The molecule has 18 heavy (non-hydrogen) atoms. The van der Waals surface area contributed by atoms with Crippen molar-refractivity contribution < 1.29 is 4.39 Å². The summed E-state index contributed by atoms with van der Waals surface area (Å²) in [6.07, 6.45) is 4.12. The minimum atomic E-state index is -0.134. The van der Waals surface area contributed by atoms with Gasteiger partial charge in [-0.05, 0) is 49.9 Å². The van der Waals surface area contributed by atoms with E-state index in [1.165, 1.54) is 0 Å². The second-order valence-electron chi connectivity index (χ2n) is 5.72. The second-order valence-corrected chi connectivity index (χ2v) is 5.72. The molecular formula is C15H19FN2. The van der Waals surface area contributed by atoms with Crippen LogP contribution in [0.3, 0.4) is 0 Å². The van der Waals surface area contributed by atoms with Crippen LogP contribution in [0.1, 0.15) is 30.9 Å². The Balaban J connectivity index is 2.25. The van der Waals surface area contributed by atoms with Gasteiger partial charge in [0.15, 0.2) is 0 Å². The van der Waals surface area contributed by atoms with E-state index in [0.717, 1.165) is 29.4 Å². The van der Waals surface area contributed by atoms with Gasteiger partial charge in [-0.25, -0.2) is 4.39 Å². The highest BCUT2D eigenvalue weighted by Gasteiger charge is 2.47. The fraction of sp³-hybridized carbons (Fsp3) is 0.467. The lowest BCUT2D eigenvalue weighted by Crippen LogP contribution is -2.31. The van der Waals surface area contributed by atoms with Gasteiger partial charge in [0.25, 0.3) is 0 Å². The van der Waals surface area contributed by atoms with Crippen LogP contribution >= 0.6 is 0 Å². The van der Waals surface area contributed by atoms with Gasteiger partial charge in [-0.15, -0.1) is 0 Å². The van der Waals surface area contributed by atoms with Gasteiger partial charge in [0.2, 0.25) is 0 Å². The minimum absolute atomic E-state index is 0.0112. The second kappa shape index (κ2) is 3.58. The molecule has 0 radical (unpaired) electrons. The van der Waals surface area contributed by atoms with E-state index in [1.54, 1.807) is 6.07 Å². The van der Waals surface area contributed by atoms with Crippen molar-refractivity contribution in [2.24, 2.45) is 12.8 Å². The fourth-order valence-electron chi connectivity index (χ4n) is 3.11. The Hall–Kier alpha value is -1.35. The summed E-state index contributed by atoms with van der Waals surface area (Å²) in [5.41, 5.74) is 8.96. The first-order valence-corrected chi connectivity index (χ1v) is 6.47. The zero-order chi connectivity index (χ0) is 13.1. The van der Waals surface area contributed by atoms with Gasteiger partial charge < -0.3 is 10.3 Å². The number of benzene rings is 1. The molecule has 2 nitrogen and oxygen atoms in total. The largest absolute Gasteiger partial charge is 0.348 e.